The molecule has 2 aromatic carbocycles. The van der Waals surface area contributed by atoms with Crippen molar-refractivity contribution in [1.82, 2.24) is 0 Å². The van der Waals surface area contributed by atoms with Gasteiger partial charge in [0.1, 0.15) is 18.2 Å². The summed E-state index contributed by atoms with van der Waals surface area (Å²) in [5.41, 5.74) is 5.26. The van der Waals surface area contributed by atoms with Crippen LogP contribution in [-0.4, -0.2) is 0 Å². The molecule has 0 amide bonds. The number of nitrogens with zero attached hydrogens (tertiary/aromatic N) is 2. The van der Waals surface area contributed by atoms with Crippen molar-refractivity contribution in [2.45, 2.75) is 41.0 Å². The van der Waals surface area contributed by atoms with E-state index in [0.29, 0.717) is 33.8 Å². The summed E-state index contributed by atoms with van der Waals surface area (Å²) in [5.74, 6) is -0.405. The standard InChI is InChI=1S/C26H27N2O/c1-15(2)12-19-13-18(5)28(7)22(14-19)24-17(4)8-10-20-23-16(3)9-11-21(27-6)26(23)29-25(20)24/h8-11,13-15H,12H2,1-5,7H3/q+1/i12D2,13D,14D. The Labute approximate surface area is 178 Å². The van der Waals surface area contributed by atoms with E-state index in [4.69, 9.17) is 16.5 Å². The zero-order valence-electron chi connectivity index (χ0n) is 21.7. The lowest BCUT2D eigenvalue weighted by Crippen LogP contribution is -2.35. The number of rotatable bonds is 3. The fourth-order valence-electron chi connectivity index (χ4n) is 3.83. The predicted octanol–water partition coefficient (Wildman–Crippen LogP) is 6.75. The third kappa shape index (κ3) is 3.09. The third-order valence-corrected chi connectivity index (χ3v) is 5.36. The quantitative estimate of drug-likeness (QED) is 0.281. The lowest BCUT2D eigenvalue weighted by atomic mass is 9.96. The largest absolute Gasteiger partial charge is 0.466 e. The molecule has 2 heterocycles. The number of furan rings is 1. The first-order valence-corrected chi connectivity index (χ1v) is 9.76. The molecule has 3 heteroatoms. The van der Waals surface area contributed by atoms with Gasteiger partial charge in [0.2, 0.25) is 11.4 Å². The number of benzene rings is 2. The molecule has 0 aliphatic rings. The van der Waals surface area contributed by atoms with Crippen LogP contribution in [0.3, 0.4) is 0 Å². The number of pyridine rings is 1. The van der Waals surface area contributed by atoms with Crippen LogP contribution in [0.2, 0.25) is 0 Å². The van der Waals surface area contributed by atoms with Gasteiger partial charge in [-0.15, -0.1) is 0 Å². The van der Waals surface area contributed by atoms with Crippen molar-refractivity contribution in [3.63, 3.8) is 0 Å². The molecule has 2 aromatic heterocycles. The SMILES string of the molecule is [2H]c1c(C([2H])([2H])C(C)C)c([2H])c(-c2c(C)ccc3c2oc2c([N+]#[C-])ccc(C)c23)[n+](C)c1C. The van der Waals surface area contributed by atoms with E-state index in [9.17, 15) is 0 Å². The number of hydrogen-bond acceptors (Lipinski definition) is 1. The molecule has 0 radical (unpaired) electrons. The molecule has 4 rings (SSSR count). The first-order valence-electron chi connectivity index (χ1n) is 11.8. The minimum absolute atomic E-state index is 0.00928. The van der Waals surface area contributed by atoms with E-state index in [2.05, 4.69) is 4.85 Å². The minimum Gasteiger partial charge on any atom is -0.466 e. The number of hydrogen-bond donors (Lipinski definition) is 0. The molecule has 3 nitrogen and oxygen atoms in total. The fraction of sp³-hybridized carbons (Fsp3) is 0.308. The van der Waals surface area contributed by atoms with Crippen LogP contribution in [0, 0.1) is 33.3 Å². The third-order valence-electron chi connectivity index (χ3n) is 5.36. The van der Waals surface area contributed by atoms with Gasteiger partial charge in [0.25, 0.3) is 0 Å². The van der Waals surface area contributed by atoms with Gasteiger partial charge in [-0.25, -0.2) is 4.85 Å². The normalized spacial score (nSPS) is 14.0. The topological polar surface area (TPSA) is 21.4 Å². The Hall–Kier alpha value is -3.12. The molecule has 29 heavy (non-hydrogen) atoms. The maximum absolute atomic E-state index is 9.07. The maximum atomic E-state index is 9.07. The molecular weight excluding hydrogens is 356 g/mol. The van der Waals surface area contributed by atoms with Crippen molar-refractivity contribution >= 4 is 27.6 Å². The monoisotopic (exact) mass is 387 g/mol. The van der Waals surface area contributed by atoms with Gasteiger partial charge in [0.15, 0.2) is 5.69 Å². The van der Waals surface area contributed by atoms with E-state index in [1.807, 2.05) is 32.0 Å². The molecular formula is C26H27N2O+. The minimum atomic E-state index is -1.84. The second kappa shape index (κ2) is 7.04. The van der Waals surface area contributed by atoms with E-state index in [0.717, 1.165) is 21.9 Å². The van der Waals surface area contributed by atoms with Crippen LogP contribution < -0.4 is 4.57 Å². The van der Waals surface area contributed by atoms with E-state index in [1.165, 1.54) is 0 Å². The fourth-order valence-corrected chi connectivity index (χ4v) is 3.83. The van der Waals surface area contributed by atoms with Crippen LogP contribution in [-0.2, 0) is 13.4 Å². The Bertz CT molecular complexity index is 1490. The van der Waals surface area contributed by atoms with Gasteiger partial charge in [-0.05, 0) is 42.8 Å². The van der Waals surface area contributed by atoms with Crippen molar-refractivity contribution in [3.8, 4) is 11.3 Å². The number of aryl methyl sites for hydroxylation is 2. The molecule has 4 aromatic rings. The van der Waals surface area contributed by atoms with Crippen LogP contribution in [0.1, 0.15) is 41.7 Å². The molecule has 0 saturated carbocycles. The first kappa shape index (κ1) is 14.8. The van der Waals surface area contributed by atoms with Gasteiger partial charge in [0, 0.05) is 32.5 Å². The van der Waals surface area contributed by atoms with Crippen molar-refractivity contribution in [2.24, 2.45) is 13.0 Å². The summed E-state index contributed by atoms with van der Waals surface area (Å²) in [6, 6.07) is 7.65. The number of fused-ring (bicyclic) bond motifs is 3. The number of aromatic nitrogens is 1. The van der Waals surface area contributed by atoms with Gasteiger partial charge in [-0.3, -0.25) is 0 Å². The molecule has 0 saturated heterocycles. The summed E-state index contributed by atoms with van der Waals surface area (Å²) in [6.07, 6.45) is -1.84. The Morgan fingerprint density at radius 2 is 1.83 bits per heavy atom. The van der Waals surface area contributed by atoms with Crippen LogP contribution in [0.4, 0.5) is 5.69 Å². The summed E-state index contributed by atoms with van der Waals surface area (Å²) in [7, 11) is 1.80. The van der Waals surface area contributed by atoms with Crippen molar-refractivity contribution < 1.29 is 14.5 Å². The summed E-state index contributed by atoms with van der Waals surface area (Å²) in [5, 5.41) is 1.73. The Kier molecular flexibility index (Phi) is 3.60. The second-order valence-electron chi connectivity index (χ2n) is 7.87. The summed E-state index contributed by atoms with van der Waals surface area (Å²) < 4.78 is 43.2. The van der Waals surface area contributed by atoms with Crippen LogP contribution in [0.15, 0.2) is 40.8 Å². The summed E-state index contributed by atoms with van der Waals surface area (Å²) in [6.45, 7) is 16.8. The Morgan fingerprint density at radius 3 is 2.52 bits per heavy atom. The highest BCUT2D eigenvalue weighted by Gasteiger charge is 2.24. The van der Waals surface area contributed by atoms with Gasteiger partial charge in [0.05, 0.1) is 14.9 Å². The highest BCUT2D eigenvalue weighted by atomic mass is 16.3. The van der Waals surface area contributed by atoms with Gasteiger partial charge >= 0.3 is 0 Å². The van der Waals surface area contributed by atoms with Crippen LogP contribution in [0.5, 0.6) is 0 Å². The first-order chi connectivity index (χ1) is 15.4. The van der Waals surface area contributed by atoms with E-state index < -0.39 is 12.3 Å². The molecule has 0 spiro atoms. The molecule has 146 valence electrons. The average molecular weight is 388 g/mol. The zero-order valence-corrected chi connectivity index (χ0v) is 17.7. The smallest absolute Gasteiger partial charge is 0.229 e. The average Bonchev–Trinajstić information content (AvgIpc) is 3.14. The van der Waals surface area contributed by atoms with Crippen LogP contribution in [0.25, 0.3) is 38.0 Å². The van der Waals surface area contributed by atoms with Crippen molar-refractivity contribution in [3.05, 3.63) is 70.2 Å². The van der Waals surface area contributed by atoms with Gasteiger partial charge in [-0.1, -0.05) is 38.1 Å². The highest BCUT2D eigenvalue weighted by Crippen LogP contribution is 2.41. The van der Waals surface area contributed by atoms with E-state index >= 15 is 0 Å². The molecule has 0 N–H and O–H groups in total. The molecule has 0 aliphatic heterocycles. The van der Waals surface area contributed by atoms with Crippen molar-refractivity contribution in [2.75, 3.05) is 0 Å². The zero-order chi connectivity index (χ0) is 24.4. The molecule has 0 aliphatic carbocycles. The second-order valence-corrected chi connectivity index (χ2v) is 7.87. The summed E-state index contributed by atoms with van der Waals surface area (Å²) in [4.78, 5) is 3.63. The predicted molar refractivity (Wildman–Crippen MR) is 119 cm³/mol. The van der Waals surface area contributed by atoms with Gasteiger partial charge < -0.3 is 4.42 Å². The molecule has 0 unspecified atom stereocenters. The lowest BCUT2D eigenvalue weighted by molar-refractivity contribution is -0.666. The van der Waals surface area contributed by atoms with E-state index in [1.54, 1.807) is 38.5 Å². The maximum Gasteiger partial charge on any atom is 0.229 e. The van der Waals surface area contributed by atoms with Gasteiger partial charge in [-0.2, -0.15) is 4.57 Å². The van der Waals surface area contributed by atoms with Crippen LogP contribution >= 0.6 is 0 Å². The molecule has 0 fully saturated rings. The molecule has 0 bridgehead atoms. The lowest BCUT2D eigenvalue weighted by Gasteiger charge is -2.11. The highest BCUT2D eigenvalue weighted by molar-refractivity contribution is 6.14. The summed E-state index contributed by atoms with van der Waals surface area (Å²) >= 11 is 0. The Balaban J connectivity index is 2.22. The van der Waals surface area contributed by atoms with Crippen molar-refractivity contribution in [1.29, 1.82) is 0 Å². The van der Waals surface area contributed by atoms with E-state index in [-0.39, 0.29) is 17.6 Å². The Morgan fingerprint density at radius 1 is 1.10 bits per heavy atom. The molecule has 0 atom stereocenters.